The second-order valence-electron chi connectivity index (χ2n) is 5.85. The molecule has 0 aromatic heterocycles. The molecule has 1 amide bonds. The Kier molecular flexibility index (Phi) is 5.00. The van der Waals surface area contributed by atoms with Crippen molar-refractivity contribution in [3.63, 3.8) is 0 Å². The fourth-order valence-electron chi connectivity index (χ4n) is 2.58. The molecule has 0 atom stereocenters. The topological polar surface area (TPSA) is 32.7 Å². The largest absolute Gasteiger partial charge is 0.286 e. The van der Waals surface area contributed by atoms with Crippen LogP contribution in [0.2, 0.25) is 0 Å². The molecule has 0 unspecified atom stereocenters. The minimum atomic E-state index is -0.342. The molecule has 0 radical (unpaired) electrons. The summed E-state index contributed by atoms with van der Waals surface area (Å²) >= 11 is 1.58. The molecule has 1 aliphatic rings. The number of benzene rings is 2. The summed E-state index contributed by atoms with van der Waals surface area (Å²) in [5.74, 6) is 0.311. The number of hydrogen-bond donors (Lipinski definition) is 0. The van der Waals surface area contributed by atoms with Crippen LogP contribution in [-0.2, 0) is 5.75 Å². The SMILES string of the molecule is Cc1ccc(C)c(CSC2=NCCN2C(=O)c2ccc(F)cc2)c1. The smallest absolute Gasteiger partial charge is 0.259 e. The summed E-state index contributed by atoms with van der Waals surface area (Å²) in [6.07, 6.45) is 0. The van der Waals surface area contributed by atoms with Gasteiger partial charge < -0.3 is 0 Å². The first-order valence-corrected chi connectivity index (χ1v) is 8.84. The summed E-state index contributed by atoms with van der Waals surface area (Å²) < 4.78 is 13.0. The maximum absolute atomic E-state index is 13.0. The zero-order valence-corrected chi connectivity index (χ0v) is 14.6. The second-order valence-corrected chi connectivity index (χ2v) is 6.79. The van der Waals surface area contributed by atoms with Crippen LogP contribution in [0, 0.1) is 19.7 Å². The normalized spacial score (nSPS) is 14.0. The third-order valence-electron chi connectivity index (χ3n) is 4.00. The number of amides is 1. The van der Waals surface area contributed by atoms with Crippen LogP contribution in [0.4, 0.5) is 4.39 Å². The minimum absolute atomic E-state index is 0.125. The third-order valence-corrected chi connectivity index (χ3v) is 5.06. The predicted molar refractivity (Wildman–Crippen MR) is 96.9 cm³/mol. The highest BCUT2D eigenvalue weighted by atomic mass is 32.2. The summed E-state index contributed by atoms with van der Waals surface area (Å²) in [6, 6.07) is 12.0. The lowest BCUT2D eigenvalue weighted by molar-refractivity contribution is 0.0860. The first-order valence-electron chi connectivity index (χ1n) is 7.85. The van der Waals surface area contributed by atoms with Crippen molar-refractivity contribution < 1.29 is 9.18 Å². The molecule has 5 heteroatoms. The minimum Gasteiger partial charge on any atom is -0.286 e. The number of carbonyl (C=O) groups is 1. The van der Waals surface area contributed by atoms with E-state index in [0.717, 1.165) is 10.9 Å². The van der Waals surface area contributed by atoms with E-state index >= 15 is 0 Å². The molecule has 124 valence electrons. The summed E-state index contributed by atoms with van der Waals surface area (Å²) in [5.41, 5.74) is 4.20. The van der Waals surface area contributed by atoms with E-state index in [2.05, 4.69) is 37.0 Å². The van der Waals surface area contributed by atoms with Crippen LogP contribution >= 0.6 is 11.8 Å². The Balaban J connectivity index is 1.70. The molecule has 0 fully saturated rings. The number of hydrogen-bond acceptors (Lipinski definition) is 3. The average molecular weight is 342 g/mol. The number of nitrogens with zero attached hydrogens (tertiary/aromatic N) is 2. The summed E-state index contributed by atoms with van der Waals surface area (Å²) in [4.78, 5) is 18.8. The monoisotopic (exact) mass is 342 g/mol. The van der Waals surface area contributed by atoms with E-state index in [1.165, 1.54) is 41.0 Å². The number of thioether (sulfide) groups is 1. The Labute approximate surface area is 145 Å². The number of amidine groups is 1. The number of carbonyl (C=O) groups excluding carboxylic acids is 1. The van der Waals surface area contributed by atoms with Crippen molar-refractivity contribution >= 4 is 22.8 Å². The molecule has 0 saturated carbocycles. The van der Waals surface area contributed by atoms with Crippen LogP contribution in [0.25, 0.3) is 0 Å². The van der Waals surface area contributed by atoms with Gasteiger partial charge in [-0.05, 0) is 49.2 Å². The van der Waals surface area contributed by atoms with Gasteiger partial charge in [0, 0.05) is 17.9 Å². The van der Waals surface area contributed by atoms with E-state index in [4.69, 9.17) is 0 Å². The van der Waals surface area contributed by atoms with Crippen LogP contribution in [0.1, 0.15) is 27.0 Å². The molecule has 2 aromatic carbocycles. The quantitative estimate of drug-likeness (QED) is 0.838. The van der Waals surface area contributed by atoms with Crippen LogP contribution < -0.4 is 0 Å². The highest BCUT2D eigenvalue weighted by molar-refractivity contribution is 8.13. The van der Waals surface area contributed by atoms with Crippen molar-refractivity contribution in [3.8, 4) is 0 Å². The number of aryl methyl sites for hydroxylation is 2. The number of aliphatic imine (C=N–C) groups is 1. The van der Waals surface area contributed by atoms with Crippen molar-refractivity contribution in [2.75, 3.05) is 13.1 Å². The first kappa shape index (κ1) is 16.7. The maximum atomic E-state index is 13.0. The van der Waals surface area contributed by atoms with Crippen molar-refractivity contribution in [2.45, 2.75) is 19.6 Å². The average Bonchev–Trinajstić information content (AvgIpc) is 3.04. The van der Waals surface area contributed by atoms with Crippen molar-refractivity contribution in [1.29, 1.82) is 0 Å². The van der Waals surface area contributed by atoms with Crippen LogP contribution in [0.5, 0.6) is 0 Å². The van der Waals surface area contributed by atoms with Gasteiger partial charge in [-0.3, -0.25) is 14.7 Å². The fourth-order valence-corrected chi connectivity index (χ4v) is 3.69. The zero-order chi connectivity index (χ0) is 17.1. The highest BCUT2D eigenvalue weighted by Crippen LogP contribution is 2.23. The molecule has 3 nitrogen and oxygen atoms in total. The molecule has 0 bridgehead atoms. The van der Waals surface area contributed by atoms with Gasteiger partial charge in [0.1, 0.15) is 5.82 Å². The summed E-state index contributed by atoms with van der Waals surface area (Å²) in [7, 11) is 0. The molecular formula is C19H19FN2OS. The van der Waals surface area contributed by atoms with E-state index in [0.29, 0.717) is 18.7 Å². The van der Waals surface area contributed by atoms with Gasteiger partial charge in [0.2, 0.25) is 0 Å². The zero-order valence-electron chi connectivity index (χ0n) is 13.8. The van der Waals surface area contributed by atoms with Gasteiger partial charge >= 0.3 is 0 Å². The summed E-state index contributed by atoms with van der Waals surface area (Å²) in [6.45, 7) is 5.35. The predicted octanol–water partition coefficient (Wildman–Crippen LogP) is 4.19. The molecule has 0 N–H and O–H groups in total. The van der Waals surface area contributed by atoms with Crippen molar-refractivity contribution in [3.05, 3.63) is 70.5 Å². The van der Waals surface area contributed by atoms with Crippen molar-refractivity contribution in [2.24, 2.45) is 4.99 Å². The van der Waals surface area contributed by atoms with E-state index in [9.17, 15) is 9.18 Å². The van der Waals surface area contributed by atoms with Gasteiger partial charge in [0.25, 0.3) is 5.91 Å². The Morgan fingerprint density at radius 3 is 2.71 bits per heavy atom. The number of halogens is 1. The van der Waals surface area contributed by atoms with Gasteiger partial charge in [-0.15, -0.1) is 0 Å². The molecule has 2 aromatic rings. The van der Waals surface area contributed by atoms with E-state index in [-0.39, 0.29) is 11.7 Å². The van der Waals surface area contributed by atoms with Gasteiger partial charge in [-0.2, -0.15) is 0 Å². The maximum Gasteiger partial charge on any atom is 0.259 e. The van der Waals surface area contributed by atoms with Crippen molar-refractivity contribution in [1.82, 2.24) is 4.90 Å². The molecule has 0 saturated heterocycles. The van der Waals surface area contributed by atoms with Crippen LogP contribution in [0.15, 0.2) is 47.5 Å². The van der Waals surface area contributed by atoms with E-state index < -0.39 is 0 Å². The van der Waals surface area contributed by atoms with Crippen LogP contribution in [-0.4, -0.2) is 29.1 Å². The Bertz CT molecular complexity index is 786. The van der Waals surface area contributed by atoms with Gasteiger partial charge in [-0.1, -0.05) is 35.5 Å². The molecule has 24 heavy (non-hydrogen) atoms. The lowest BCUT2D eigenvalue weighted by Gasteiger charge is -2.18. The van der Waals surface area contributed by atoms with Crippen LogP contribution in [0.3, 0.4) is 0 Å². The van der Waals surface area contributed by atoms with E-state index in [1.54, 1.807) is 16.7 Å². The molecule has 0 aliphatic carbocycles. The second kappa shape index (κ2) is 7.18. The van der Waals surface area contributed by atoms with Gasteiger partial charge in [0.05, 0.1) is 6.54 Å². The highest BCUT2D eigenvalue weighted by Gasteiger charge is 2.25. The third kappa shape index (κ3) is 3.67. The molecule has 1 aliphatic heterocycles. The fraction of sp³-hybridized carbons (Fsp3) is 0.263. The molecule has 1 heterocycles. The lowest BCUT2D eigenvalue weighted by Crippen LogP contribution is -2.32. The number of rotatable bonds is 3. The Hall–Kier alpha value is -2.14. The Morgan fingerprint density at radius 1 is 1.21 bits per heavy atom. The Morgan fingerprint density at radius 2 is 1.96 bits per heavy atom. The molecular weight excluding hydrogens is 323 g/mol. The lowest BCUT2D eigenvalue weighted by atomic mass is 10.1. The van der Waals surface area contributed by atoms with Gasteiger partial charge in [0.15, 0.2) is 5.17 Å². The molecule has 3 rings (SSSR count). The standard InChI is InChI=1S/C19H19FN2OS/c1-13-3-4-14(2)16(11-13)12-24-19-21-9-10-22(19)18(23)15-5-7-17(20)8-6-15/h3-8,11H,9-10,12H2,1-2H3. The molecule has 0 spiro atoms. The summed E-state index contributed by atoms with van der Waals surface area (Å²) in [5, 5.41) is 0.741. The first-order chi connectivity index (χ1) is 11.5. The van der Waals surface area contributed by atoms with Gasteiger partial charge in [-0.25, -0.2) is 4.39 Å². The van der Waals surface area contributed by atoms with E-state index in [1.807, 2.05) is 0 Å².